The van der Waals surface area contributed by atoms with Gasteiger partial charge in [0.15, 0.2) is 0 Å². The van der Waals surface area contributed by atoms with Gasteiger partial charge in [-0.2, -0.15) is 0 Å². The number of nitrogens with one attached hydrogen (secondary N) is 1. The number of nitrogens with zero attached hydrogens (tertiary/aromatic N) is 1. The Morgan fingerprint density at radius 1 is 1.43 bits per heavy atom. The maximum atomic E-state index is 11.9. The molecule has 21 heavy (non-hydrogen) atoms. The summed E-state index contributed by atoms with van der Waals surface area (Å²) in [5, 5.41) is 2.75. The van der Waals surface area contributed by atoms with Gasteiger partial charge in [0, 0.05) is 26.7 Å². The van der Waals surface area contributed by atoms with Crippen LogP contribution in [-0.4, -0.2) is 44.1 Å². The summed E-state index contributed by atoms with van der Waals surface area (Å²) in [4.78, 5) is 14.1. The summed E-state index contributed by atoms with van der Waals surface area (Å²) in [6, 6.07) is 7.85. The number of benzene rings is 1. The van der Waals surface area contributed by atoms with Gasteiger partial charge in [-0.1, -0.05) is 12.1 Å². The van der Waals surface area contributed by atoms with E-state index < -0.39 is 0 Å². The highest BCUT2D eigenvalue weighted by Gasteiger charge is 2.39. The molecule has 1 aromatic carbocycles. The molecule has 0 bridgehead atoms. The highest BCUT2D eigenvalue weighted by molar-refractivity contribution is 5.82. The minimum Gasteiger partial charge on any atom is -0.492 e. The average Bonchev–Trinajstić information content (AvgIpc) is 2.90. The Balaban J connectivity index is 1.75. The summed E-state index contributed by atoms with van der Waals surface area (Å²) >= 11 is 0. The second-order valence-electron chi connectivity index (χ2n) is 5.86. The van der Waals surface area contributed by atoms with Crippen LogP contribution in [0.3, 0.4) is 0 Å². The fourth-order valence-corrected chi connectivity index (χ4v) is 2.75. The Hall–Kier alpha value is -1.59. The van der Waals surface area contributed by atoms with Crippen molar-refractivity contribution in [3.8, 4) is 5.75 Å². The lowest BCUT2D eigenvalue weighted by Crippen LogP contribution is -2.39. The smallest absolute Gasteiger partial charge is 0.227 e. The molecular formula is C16H25N3O2. The standard InChI is InChI=1S/C16H25N3O2/c1-16(15(20)18-2)7-8-19(12-16)9-10-21-14-5-3-13(11-17)4-6-14/h3-6H,7-12,17H2,1-2H3,(H,18,20). The number of likely N-dealkylation sites (tertiary alicyclic amines) is 1. The van der Waals surface area contributed by atoms with Crippen LogP contribution >= 0.6 is 0 Å². The summed E-state index contributed by atoms with van der Waals surface area (Å²) in [5.74, 6) is 0.990. The third-order valence-electron chi connectivity index (χ3n) is 4.16. The van der Waals surface area contributed by atoms with Crippen molar-refractivity contribution in [2.75, 3.05) is 33.3 Å². The van der Waals surface area contributed by atoms with Gasteiger partial charge in [0.2, 0.25) is 5.91 Å². The van der Waals surface area contributed by atoms with Gasteiger partial charge in [0.25, 0.3) is 0 Å². The summed E-state index contributed by atoms with van der Waals surface area (Å²) in [7, 11) is 1.70. The molecule has 0 aromatic heterocycles. The Bertz CT molecular complexity index is 475. The van der Waals surface area contributed by atoms with Crippen molar-refractivity contribution >= 4 is 5.91 Å². The second-order valence-corrected chi connectivity index (χ2v) is 5.86. The lowest BCUT2D eigenvalue weighted by Gasteiger charge is -2.22. The van der Waals surface area contributed by atoms with Crippen molar-refractivity contribution in [1.82, 2.24) is 10.2 Å². The molecule has 116 valence electrons. The molecule has 0 aliphatic carbocycles. The van der Waals surface area contributed by atoms with E-state index in [1.165, 1.54) is 0 Å². The van der Waals surface area contributed by atoms with E-state index in [-0.39, 0.29) is 11.3 Å². The SMILES string of the molecule is CNC(=O)C1(C)CCN(CCOc2ccc(CN)cc2)C1. The molecule has 1 saturated heterocycles. The first-order chi connectivity index (χ1) is 10.1. The van der Waals surface area contributed by atoms with Gasteiger partial charge < -0.3 is 15.8 Å². The van der Waals surface area contributed by atoms with E-state index >= 15 is 0 Å². The highest BCUT2D eigenvalue weighted by atomic mass is 16.5. The fourth-order valence-electron chi connectivity index (χ4n) is 2.75. The number of carbonyl (C=O) groups is 1. The summed E-state index contributed by atoms with van der Waals surface area (Å²) in [6.07, 6.45) is 0.901. The molecule has 1 heterocycles. The molecule has 0 spiro atoms. The number of nitrogens with two attached hydrogens (primary N) is 1. The molecule has 1 fully saturated rings. The maximum absolute atomic E-state index is 11.9. The molecule has 1 aliphatic heterocycles. The van der Waals surface area contributed by atoms with E-state index in [0.29, 0.717) is 13.2 Å². The van der Waals surface area contributed by atoms with Gasteiger partial charge >= 0.3 is 0 Å². The van der Waals surface area contributed by atoms with Crippen molar-refractivity contribution in [3.63, 3.8) is 0 Å². The van der Waals surface area contributed by atoms with Crippen LogP contribution in [0.25, 0.3) is 0 Å². The molecule has 5 nitrogen and oxygen atoms in total. The van der Waals surface area contributed by atoms with Crippen LogP contribution in [0.2, 0.25) is 0 Å². The summed E-state index contributed by atoms with van der Waals surface area (Å²) < 4.78 is 5.74. The number of amides is 1. The molecule has 5 heteroatoms. The Morgan fingerprint density at radius 3 is 2.76 bits per heavy atom. The van der Waals surface area contributed by atoms with Crippen molar-refractivity contribution < 1.29 is 9.53 Å². The van der Waals surface area contributed by atoms with Crippen LogP contribution in [0.5, 0.6) is 5.75 Å². The molecule has 3 N–H and O–H groups in total. The third-order valence-corrected chi connectivity index (χ3v) is 4.16. The Morgan fingerprint density at radius 2 is 2.14 bits per heavy atom. The zero-order chi connectivity index (χ0) is 15.3. The van der Waals surface area contributed by atoms with E-state index in [1.54, 1.807) is 7.05 Å². The number of ether oxygens (including phenoxy) is 1. The number of rotatable bonds is 6. The van der Waals surface area contributed by atoms with Crippen molar-refractivity contribution in [3.05, 3.63) is 29.8 Å². The molecule has 1 amide bonds. The molecule has 1 atom stereocenters. The second kappa shape index (κ2) is 6.91. The monoisotopic (exact) mass is 291 g/mol. The predicted molar refractivity (Wildman–Crippen MR) is 83.1 cm³/mol. The molecule has 0 saturated carbocycles. The van der Waals surface area contributed by atoms with Crippen LogP contribution in [0.1, 0.15) is 18.9 Å². The zero-order valence-electron chi connectivity index (χ0n) is 12.9. The van der Waals surface area contributed by atoms with Gasteiger partial charge in [0.05, 0.1) is 5.41 Å². The lowest BCUT2D eigenvalue weighted by atomic mass is 9.89. The third kappa shape index (κ3) is 3.95. The van der Waals surface area contributed by atoms with Gasteiger partial charge in [-0.3, -0.25) is 9.69 Å². The number of hydrogen-bond acceptors (Lipinski definition) is 4. The topological polar surface area (TPSA) is 67.6 Å². The van der Waals surface area contributed by atoms with Crippen LogP contribution in [-0.2, 0) is 11.3 Å². The van der Waals surface area contributed by atoms with Gasteiger partial charge in [-0.05, 0) is 37.6 Å². The van der Waals surface area contributed by atoms with E-state index in [2.05, 4.69) is 10.2 Å². The summed E-state index contributed by atoms with van der Waals surface area (Å²) in [5.41, 5.74) is 6.40. The van der Waals surface area contributed by atoms with Crippen LogP contribution in [0.4, 0.5) is 0 Å². The van der Waals surface area contributed by atoms with Crippen LogP contribution < -0.4 is 15.8 Å². The molecule has 2 rings (SSSR count). The fraction of sp³-hybridized carbons (Fsp3) is 0.562. The molecular weight excluding hydrogens is 266 g/mol. The van der Waals surface area contributed by atoms with Gasteiger partial charge in [-0.15, -0.1) is 0 Å². The largest absolute Gasteiger partial charge is 0.492 e. The first-order valence-corrected chi connectivity index (χ1v) is 7.44. The Labute approximate surface area is 126 Å². The van der Waals surface area contributed by atoms with E-state index in [1.807, 2.05) is 31.2 Å². The molecule has 1 aliphatic rings. The van der Waals surface area contributed by atoms with Crippen LogP contribution in [0, 0.1) is 5.41 Å². The highest BCUT2D eigenvalue weighted by Crippen LogP contribution is 2.29. The minimum absolute atomic E-state index is 0.128. The first kappa shape index (κ1) is 15.8. The normalized spacial score (nSPS) is 22.2. The summed E-state index contributed by atoms with van der Waals surface area (Å²) in [6.45, 7) is 5.78. The maximum Gasteiger partial charge on any atom is 0.227 e. The van der Waals surface area contributed by atoms with Crippen molar-refractivity contribution in [1.29, 1.82) is 0 Å². The van der Waals surface area contributed by atoms with E-state index in [0.717, 1.165) is 37.4 Å². The first-order valence-electron chi connectivity index (χ1n) is 7.44. The Kier molecular flexibility index (Phi) is 5.20. The van der Waals surface area contributed by atoms with Crippen molar-refractivity contribution in [2.24, 2.45) is 11.1 Å². The van der Waals surface area contributed by atoms with E-state index in [9.17, 15) is 4.79 Å². The van der Waals surface area contributed by atoms with Crippen molar-refractivity contribution in [2.45, 2.75) is 19.9 Å². The average molecular weight is 291 g/mol. The van der Waals surface area contributed by atoms with Gasteiger partial charge in [0.1, 0.15) is 12.4 Å². The van der Waals surface area contributed by atoms with Crippen LogP contribution in [0.15, 0.2) is 24.3 Å². The van der Waals surface area contributed by atoms with E-state index in [4.69, 9.17) is 10.5 Å². The predicted octanol–water partition coefficient (Wildman–Crippen LogP) is 0.982. The molecule has 1 unspecified atom stereocenters. The lowest BCUT2D eigenvalue weighted by molar-refractivity contribution is -0.129. The zero-order valence-corrected chi connectivity index (χ0v) is 12.9. The van der Waals surface area contributed by atoms with Gasteiger partial charge in [-0.25, -0.2) is 0 Å². The number of carbonyl (C=O) groups excluding carboxylic acids is 1. The quantitative estimate of drug-likeness (QED) is 0.820. The minimum atomic E-state index is -0.266. The molecule has 0 radical (unpaired) electrons. The number of hydrogen-bond donors (Lipinski definition) is 2. The molecule has 1 aromatic rings.